The Labute approximate surface area is 204 Å². The number of ether oxygens (including phenoxy) is 1. The summed E-state index contributed by atoms with van der Waals surface area (Å²) in [5, 5.41) is 16.1. The van der Waals surface area contributed by atoms with E-state index in [0.717, 1.165) is 28.1 Å². The Balaban J connectivity index is 1.40. The minimum atomic E-state index is -0.605. The van der Waals surface area contributed by atoms with Crippen molar-refractivity contribution in [2.45, 2.75) is 12.8 Å². The topological polar surface area (TPSA) is 111 Å². The number of rotatable bonds is 6. The number of nitrogens with zero attached hydrogens (tertiary/aromatic N) is 2. The second-order valence-corrected chi connectivity index (χ2v) is 8.93. The molecule has 2 aromatic carbocycles. The first-order chi connectivity index (χ1) is 17.0. The molecule has 2 aromatic heterocycles. The zero-order valence-corrected chi connectivity index (χ0v) is 19.2. The van der Waals surface area contributed by atoms with Gasteiger partial charge >= 0.3 is 5.97 Å². The third-order valence-electron chi connectivity index (χ3n) is 5.68. The van der Waals surface area contributed by atoms with Gasteiger partial charge < -0.3 is 10.1 Å². The lowest BCUT2D eigenvalue weighted by atomic mass is 10.0. The average Bonchev–Trinajstić information content (AvgIpc) is 3.51. The van der Waals surface area contributed by atoms with E-state index in [1.165, 1.54) is 24.3 Å². The monoisotopic (exact) mass is 485 g/mol. The van der Waals surface area contributed by atoms with Gasteiger partial charge in [-0.1, -0.05) is 30.3 Å². The van der Waals surface area contributed by atoms with Crippen molar-refractivity contribution in [1.82, 2.24) is 4.98 Å². The maximum Gasteiger partial charge on any atom is 0.339 e. The Bertz CT molecular complexity index is 1490. The van der Waals surface area contributed by atoms with Gasteiger partial charge in [-0.2, -0.15) is 0 Å². The number of nitro benzene ring substituents is 1. The van der Waals surface area contributed by atoms with Crippen LogP contribution in [0, 0.1) is 10.1 Å². The number of benzene rings is 2. The molecule has 8 nitrogen and oxygen atoms in total. The third-order valence-corrected chi connectivity index (χ3v) is 6.50. The van der Waals surface area contributed by atoms with Crippen LogP contribution in [0.15, 0.2) is 66.0 Å². The lowest BCUT2D eigenvalue weighted by molar-refractivity contribution is -0.384. The molecule has 1 aliphatic carbocycles. The summed E-state index contributed by atoms with van der Waals surface area (Å²) in [6.45, 7) is -0.523. The highest BCUT2D eigenvalue weighted by atomic mass is 32.1. The number of non-ortho nitro benzene ring substituents is 1. The number of esters is 1. The lowest BCUT2D eigenvalue weighted by Gasteiger charge is -2.12. The minimum Gasteiger partial charge on any atom is -0.452 e. The second kappa shape index (κ2) is 9.47. The molecule has 4 aromatic rings. The van der Waals surface area contributed by atoms with Gasteiger partial charge in [0.25, 0.3) is 11.6 Å². The second-order valence-electron chi connectivity index (χ2n) is 7.95. The average molecular weight is 486 g/mol. The summed E-state index contributed by atoms with van der Waals surface area (Å²) in [6, 6.07) is 16.9. The number of allylic oxidation sites excluding steroid dienone is 1. The molecule has 35 heavy (non-hydrogen) atoms. The molecule has 1 N–H and O–H groups in total. The number of para-hydroxylation sites is 1. The Morgan fingerprint density at radius 2 is 1.97 bits per heavy atom. The van der Waals surface area contributed by atoms with E-state index in [1.54, 1.807) is 11.3 Å². The Kier molecular flexibility index (Phi) is 6.07. The minimum absolute atomic E-state index is 0.148. The first kappa shape index (κ1) is 22.4. The van der Waals surface area contributed by atoms with Crippen molar-refractivity contribution in [3.63, 3.8) is 0 Å². The van der Waals surface area contributed by atoms with Crippen molar-refractivity contribution in [3.05, 3.63) is 97.9 Å². The van der Waals surface area contributed by atoms with E-state index in [-0.39, 0.29) is 11.4 Å². The number of hydrogen-bond donors (Lipinski definition) is 1. The summed E-state index contributed by atoms with van der Waals surface area (Å²) in [5.74, 6) is -1.20. The van der Waals surface area contributed by atoms with Crippen LogP contribution in [-0.2, 0) is 16.0 Å². The van der Waals surface area contributed by atoms with Crippen molar-refractivity contribution in [2.24, 2.45) is 0 Å². The van der Waals surface area contributed by atoms with Gasteiger partial charge in [0.1, 0.15) is 0 Å². The third kappa shape index (κ3) is 4.67. The molecule has 0 bridgehead atoms. The molecule has 0 fully saturated rings. The molecule has 0 saturated heterocycles. The van der Waals surface area contributed by atoms with Gasteiger partial charge in [0, 0.05) is 28.1 Å². The summed E-state index contributed by atoms with van der Waals surface area (Å²) in [7, 11) is 0. The zero-order chi connectivity index (χ0) is 24.4. The van der Waals surface area contributed by atoms with E-state index < -0.39 is 23.4 Å². The van der Waals surface area contributed by atoms with Gasteiger partial charge in [0.15, 0.2) is 6.61 Å². The molecule has 0 unspecified atom stereocenters. The van der Waals surface area contributed by atoms with Crippen molar-refractivity contribution < 1.29 is 19.2 Å². The predicted octanol–water partition coefficient (Wildman–Crippen LogP) is 5.49. The van der Waals surface area contributed by atoms with Crippen LogP contribution >= 0.6 is 11.3 Å². The van der Waals surface area contributed by atoms with Gasteiger partial charge in [-0.05, 0) is 53.6 Å². The van der Waals surface area contributed by atoms with Gasteiger partial charge in [0.05, 0.1) is 21.7 Å². The first-order valence-corrected chi connectivity index (χ1v) is 11.7. The van der Waals surface area contributed by atoms with Gasteiger partial charge in [-0.25, -0.2) is 9.78 Å². The molecular formula is C26H19N3O5S. The number of nitro groups is 1. The molecular weight excluding hydrogens is 466 g/mol. The van der Waals surface area contributed by atoms with Crippen LogP contribution in [0.1, 0.15) is 32.9 Å². The first-order valence-electron chi connectivity index (χ1n) is 10.9. The van der Waals surface area contributed by atoms with E-state index >= 15 is 0 Å². The zero-order valence-electron chi connectivity index (χ0n) is 18.4. The molecule has 0 aliphatic heterocycles. The van der Waals surface area contributed by atoms with Gasteiger partial charge in [-0.3, -0.25) is 14.9 Å². The van der Waals surface area contributed by atoms with Crippen LogP contribution in [0.5, 0.6) is 0 Å². The summed E-state index contributed by atoms with van der Waals surface area (Å²) in [5.41, 5.74) is 3.86. The highest BCUT2D eigenvalue weighted by Crippen LogP contribution is 2.38. The van der Waals surface area contributed by atoms with Crippen LogP contribution in [-0.4, -0.2) is 28.4 Å². The van der Waals surface area contributed by atoms with E-state index in [1.807, 2.05) is 41.8 Å². The smallest absolute Gasteiger partial charge is 0.339 e. The number of carbonyl (C=O) groups is 2. The van der Waals surface area contributed by atoms with Crippen LogP contribution < -0.4 is 5.32 Å². The Morgan fingerprint density at radius 1 is 1.11 bits per heavy atom. The summed E-state index contributed by atoms with van der Waals surface area (Å²) in [6.07, 6.45) is 3.50. The highest BCUT2D eigenvalue weighted by Gasteiger charge is 2.28. The molecule has 9 heteroatoms. The number of fused-ring (bicyclic) bond motifs is 2. The van der Waals surface area contributed by atoms with E-state index in [2.05, 4.69) is 11.4 Å². The van der Waals surface area contributed by atoms with E-state index in [9.17, 15) is 19.7 Å². The van der Waals surface area contributed by atoms with Gasteiger partial charge in [0.2, 0.25) is 0 Å². The van der Waals surface area contributed by atoms with Crippen molar-refractivity contribution in [1.29, 1.82) is 0 Å². The number of thiophene rings is 1. The fraction of sp³-hybridized carbons (Fsp3) is 0.115. The highest BCUT2D eigenvalue weighted by molar-refractivity contribution is 7.10. The maximum atomic E-state index is 13.2. The van der Waals surface area contributed by atoms with E-state index in [4.69, 9.17) is 9.72 Å². The number of aromatic nitrogens is 1. The Hall–Kier alpha value is -4.37. The SMILES string of the molecule is O=C(COC(=O)c1c2c(nc3ccccc13)C(=Cc1cccs1)CC2)Nc1cccc([N+](=O)[O-])c1. The fourth-order valence-corrected chi connectivity index (χ4v) is 4.84. The van der Waals surface area contributed by atoms with Crippen LogP contribution in [0.2, 0.25) is 0 Å². The number of anilines is 1. The standard InChI is InChI=1S/C26H19N3O5S/c30-23(27-17-5-3-6-18(14-17)29(32)33)15-34-26(31)24-20-8-1-2-9-22(20)28-25-16(10-11-21(24)25)13-19-7-4-12-35-19/h1-9,12-14H,10-11,15H2,(H,27,30). The largest absolute Gasteiger partial charge is 0.452 e. The van der Waals surface area contributed by atoms with Crippen LogP contribution in [0.4, 0.5) is 11.4 Å². The lowest BCUT2D eigenvalue weighted by Crippen LogP contribution is -2.21. The number of carbonyl (C=O) groups excluding carboxylic acids is 2. The van der Waals surface area contributed by atoms with Crippen molar-refractivity contribution in [2.75, 3.05) is 11.9 Å². The molecule has 0 atom stereocenters. The summed E-state index contributed by atoms with van der Waals surface area (Å²) >= 11 is 1.64. The molecule has 5 rings (SSSR count). The molecule has 0 spiro atoms. The molecule has 0 saturated carbocycles. The molecule has 1 aliphatic rings. The normalized spacial score (nSPS) is 13.5. The maximum absolute atomic E-state index is 13.2. The number of nitrogens with one attached hydrogen (secondary N) is 1. The van der Waals surface area contributed by atoms with Crippen molar-refractivity contribution in [3.8, 4) is 0 Å². The van der Waals surface area contributed by atoms with Crippen LogP contribution in [0.25, 0.3) is 22.6 Å². The van der Waals surface area contributed by atoms with Crippen LogP contribution in [0.3, 0.4) is 0 Å². The summed E-state index contributed by atoms with van der Waals surface area (Å²) < 4.78 is 5.38. The fourth-order valence-electron chi connectivity index (χ4n) is 4.15. The quantitative estimate of drug-likeness (QED) is 0.220. The molecule has 2 heterocycles. The molecule has 0 radical (unpaired) electrons. The number of pyridine rings is 1. The number of amides is 1. The Morgan fingerprint density at radius 3 is 2.77 bits per heavy atom. The predicted molar refractivity (Wildman–Crippen MR) is 134 cm³/mol. The molecule has 174 valence electrons. The number of hydrogen-bond acceptors (Lipinski definition) is 7. The van der Waals surface area contributed by atoms with Crippen molar-refractivity contribution >= 4 is 57.1 Å². The van der Waals surface area contributed by atoms with Gasteiger partial charge in [-0.15, -0.1) is 11.3 Å². The molecule has 1 amide bonds. The summed E-state index contributed by atoms with van der Waals surface area (Å²) in [4.78, 5) is 41.9. The van der Waals surface area contributed by atoms with E-state index in [0.29, 0.717) is 22.9 Å².